The molecule has 0 fully saturated rings. The first-order valence-corrected chi connectivity index (χ1v) is 11.1. The molecular formula is C21H24N4O2S2. The molecule has 2 heterocycles. The molecule has 0 radical (unpaired) electrons. The number of thiophene rings is 1. The summed E-state index contributed by atoms with van der Waals surface area (Å²) in [6, 6.07) is 9.43. The van der Waals surface area contributed by atoms with E-state index >= 15 is 0 Å². The van der Waals surface area contributed by atoms with Gasteiger partial charge in [-0.25, -0.2) is 0 Å². The fraction of sp³-hybridized carbons (Fsp3) is 0.286. The van der Waals surface area contributed by atoms with Crippen molar-refractivity contribution in [1.29, 1.82) is 0 Å². The zero-order valence-electron chi connectivity index (χ0n) is 16.7. The highest BCUT2D eigenvalue weighted by atomic mass is 32.2. The molecular weight excluding hydrogens is 404 g/mol. The molecule has 0 spiro atoms. The van der Waals surface area contributed by atoms with Gasteiger partial charge in [0.2, 0.25) is 5.91 Å². The summed E-state index contributed by atoms with van der Waals surface area (Å²) in [5.41, 5.74) is 1.74. The molecule has 2 aromatic heterocycles. The molecule has 3 rings (SSSR count). The van der Waals surface area contributed by atoms with E-state index in [4.69, 9.17) is 4.74 Å². The number of benzene rings is 1. The first kappa shape index (κ1) is 21.1. The molecule has 0 bridgehead atoms. The summed E-state index contributed by atoms with van der Waals surface area (Å²) in [6.07, 6.45) is 1.81. The lowest BCUT2D eigenvalue weighted by molar-refractivity contribution is -0.113. The van der Waals surface area contributed by atoms with Crippen LogP contribution in [0.3, 0.4) is 0 Å². The molecule has 0 unspecified atom stereocenters. The van der Waals surface area contributed by atoms with Gasteiger partial charge < -0.3 is 10.1 Å². The van der Waals surface area contributed by atoms with Crippen molar-refractivity contribution in [3.63, 3.8) is 0 Å². The van der Waals surface area contributed by atoms with Crippen molar-refractivity contribution < 1.29 is 9.53 Å². The van der Waals surface area contributed by atoms with E-state index < -0.39 is 0 Å². The molecule has 0 saturated carbocycles. The van der Waals surface area contributed by atoms with Crippen LogP contribution in [0, 0.1) is 0 Å². The lowest BCUT2D eigenvalue weighted by Gasteiger charge is -2.08. The second-order valence-electron chi connectivity index (χ2n) is 6.67. The number of nitrogens with one attached hydrogen (secondary N) is 1. The predicted molar refractivity (Wildman–Crippen MR) is 120 cm³/mol. The van der Waals surface area contributed by atoms with Crippen LogP contribution in [0.25, 0.3) is 11.4 Å². The minimum Gasteiger partial charge on any atom is -0.497 e. The first-order chi connectivity index (χ1) is 14.0. The third-order valence-electron chi connectivity index (χ3n) is 4.16. The Balaban J connectivity index is 1.70. The summed E-state index contributed by atoms with van der Waals surface area (Å²) in [5, 5.41) is 14.3. The molecule has 0 aliphatic rings. The van der Waals surface area contributed by atoms with Gasteiger partial charge in [-0.05, 0) is 24.1 Å². The van der Waals surface area contributed by atoms with E-state index in [1.807, 2.05) is 28.8 Å². The van der Waals surface area contributed by atoms with E-state index in [-0.39, 0.29) is 11.7 Å². The quantitative estimate of drug-likeness (QED) is 0.381. The maximum absolute atomic E-state index is 12.4. The smallest absolute Gasteiger partial charge is 0.234 e. The van der Waals surface area contributed by atoms with Gasteiger partial charge in [-0.2, -0.15) is 0 Å². The van der Waals surface area contributed by atoms with Crippen molar-refractivity contribution in [2.45, 2.75) is 31.5 Å². The normalized spacial score (nSPS) is 10.9. The Morgan fingerprint density at radius 2 is 2.21 bits per heavy atom. The number of hydrogen-bond acceptors (Lipinski definition) is 6. The van der Waals surface area contributed by atoms with Crippen molar-refractivity contribution in [3.8, 4) is 17.1 Å². The van der Waals surface area contributed by atoms with Crippen LogP contribution >= 0.6 is 23.1 Å². The highest BCUT2D eigenvalue weighted by molar-refractivity contribution is 7.99. The Morgan fingerprint density at radius 3 is 2.90 bits per heavy atom. The van der Waals surface area contributed by atoms with E-state index in [1.165, 1.54) is 16.6 Å². The van der Waals surface area contributed by atoms with E-state index in [2.05, 4.69) is 47.4 Å². The number of methoxy groups -OCH3 is 1. The number of carbonyl (C=O) groups is 1. The number of anilines is 1. The molecule has 1 amide bonds. The molecule has 0 saturated heterocycles. The van der Waals surface area contributed by atoms with Crippen LogP contribution in [0.5, 0.6) is 5.75 Å². The molecule has 1 N–H and O–H groups in total. The second-order valence-corrected chi connectivity index (χ2v) is 8.55. The number of rotatable bonds is 9. The van der Waals surface area contributed by atoms with Crippen LogP contribution in [0.1, 0.15) is 24.6 Å². The molecule has 8 heteroatoms. The number of thioether (sulfide) groups is 1. The average molecular weight is 429 g/mol. The van der Waals surface area contributed by atoms with Gasteiger partial charge in [-0.3, -0.25) is 9.36 Å². The summed E-state index contributed by atoms with van der Waals surface area (Å²) >= 11 is 3.08. The second kappa shape index (κ2) is 9.76. The van der Waals surface area contributed by atoms with E-state index in [0.29, 0.717) is 29.1 Å². The molecule has 1 aromatic carbocycles. The summed E-state index contributed by atoms with van der Waals surface area (Å²) < 4.78 is 7.17. The fourth-order valence-corrected chi connectivity index (χ4v) is 4.35. The van der Waals surface area contributed by atoms with E-state index in [9.17, 15) is 4.79 Å². The van der Waals surface area contributed by atoms with Gasteiger partial charge in [0.05, 0.1) is 12.9 Å². The number of allylic oxidation sites excluding steroid dienone is 1. The van der Waals surface area contributed by atoms with Crippen LogP contribution in [-0.2, 0) is 11.3 Å². The fourth-order valence-electron chi connectivity index (χ4n) is 2.70. The number of hydrogen-bond donors (Lipinski definition) is 1. The highest BCUT2D eigenvalue weighted by Gasteiger charge is 2.17. The lowest BCUT2D eigenvalue weighted by atomic mass is 10.1. The largest absolute Gasteiger partial charge is 0.497 e. The standard InChI is InChI=1S/C21H24N4O2S2/c1-5-9-25-20(15-10-18(14(2)3)28-12-15)23-24-21(25)29-13-19(26)22-16-7-6-8-17(11-16)27-4/h5-8,10-12,14H,1,9,13H2,2-4H3,(H,22,26). The van der Waals surface area contributed by atoms with Crippen molar-refractivity contribution in [3.05, 3.63) is 53.2 Å². The summed E-state index contributed by atoms with van der Waals surface area (Å²) in [4.78, 5) is 13.7. The third-order valence-corrected chi connectivity index (χ3v) is 6.36. The Hall–Kier alpha value is -2.58. The topological polar surface area (TPSA) is 69.0 Å². The Bertz CT molecular complexity index is 994. The molecule has 29 heavy (non-hydrogen) atoms. The van der Waals surface area contributed by atoms with Crippen LogP contribution < -0.4 is 10.1 Å². The molecule has 0 aliphatic carbocycles. The Kier molecular flexibility index (Phi) is 7.11. The van der Waals surface area contributed by atoms with Gasteiger partial charge in [-0.1, -0.05) is 37.8 Å². The van der Waals surface area contributed by atoms with Crippen molar-refractivity contribution in [2.75, 3.05) is 18.2 Å². The van der Waals surface area contributed by atoms with Crippen LogP contribution in [0.15, 0.2) is 53.5 Å². The van der Waals surface area contributed by atoms with Crippen LogP contribution in [0.4, 0.5) is 5.69 Å². The number of carbonyl (C=O) groups excluding carboxylic acids is 1. The highest BCUT2D eigenvalue weighted by Crippen LogP contribution is 2.31. The number of aromatic nitrogens is 3. The zero-order chi connectivity index (χ0) is 20.8. The molecule has 6 nitrogen and oxygen atoms in total. The minimum atomic E-state index is -0.115. The summed E-state index contributed by atoms with van der Waals surface area (Å²) in [7, 11) is 1.60. The minimum absolute atomic E-state index is 0.115. The summed E-state index contributed by atoms with van der Waals surface area (Å²) in [5.74, 6) is 2.08. The van der Waals surface area contributed by atoms with Crippen LogP contribution in [-0.4, -0.2) is 33.5 Å². The molecule has 3 aromatic rings. The number of amides is 1. The molecule has 152 valence electrons. The van der Waals surface area contributed by atoms with Crippen LogP contribution in [0.2, 0.25) is 0 Å². The number of ether oxygens (including phenoxy) is 1. The maximum atomic E-state index is 12.4. The van der Waals surface area contributed by atoms with Gasteiger partial charge in [-0.15, -0.1) is 28.1 Å². The van der Waals surface area contributed by atoms with E-state index in [0.717, 1.165) is 11.4 Å². The number of nitrogens with zero attached hydrogens (tertiary/aromatic N) is 3. The van der Waals surface area contributed by atoms with Gasteiger partial charge >= 0.3 is 0 Å². The third kappa shape index (κ3) is 5.27. The summed E-state index contributed by atoms with van der Waals surface area (Å²) in [6.45, 7) is 8.76. The SMILES string of the molecule is C=CCn1c(SCC(=O)Nc2cccc(OC)c2)nnc1-c1csc(C(C)C)c1. The van der Waals surface area contributed by atoms with Gasteiger partial charge in [0.1, 0.15) is 5.75 Å². The van der Waals surface area contributed by atoms with Crippen molar-refractivity contribution >= 4 is 34.7 Å². The van der Waals surface area contributed by atoms with E-state index in [1.54, 1.807) is 24.5 Å². The molecule has 0 atom stereocenters. The van der Waals surface area contributed by atoms with Gasteiger partial charge in [0, 0.05) is 34.1 Å². The lowest BCUT2D eigenvalue weighted by Crippen LogP contribution is -2.14. The Labute approximate surface area is 179 Å². The predicted octanol–water partition coefficient (Wildman–Crippen LogP) is 5.06. The van der Waals surface area contributed by atoms with Crippen molar-refractivity contribution in [1.82, 2.24) is 14.8 Å². The Morgan fingerprint density at radius 1 is 1.38 bits per heavy atom. The maximum Gasteiger partial charge on any atom is 0.234 e. The van der Waals surface area contributed by atoms with Crippen molar-refractivity contribution in [2.24, 2.45) is 0 Å². The zero-order valence-corrected chi connectivity index (χ0v) is 18.3. The monoisotopic (exact) mass is 428 g/mol. The average Bonchev–Trinajstić information content (AvgIpc) is 3.34. The molecule has 0 aliphatic heterocycles. The van der Waals surface area contributed by atoms with Gasteiger partial charge in [0.25, 0.3) is 0 Å². The first-order valence-electron chi connectivity index (χ1n) is 9.21. The van der Waals surface area contributed by atoms with Gasteiger partial charge in [0.15, 0.2) is 11.0 Å².